The smallest absolute Gasteiger partial charge is 0.258 e. The predicted octanol–water partition coefficient (Wildman–Crippen LogP) is 1.70. The van der Waals surface area contributed by atoms with E-state index in [0.29, 0.717) is 16.3 Å². The van der Waals surface area contributed by atoms with Gasteiger partial charge in [-0.05, 0) is 17.7 Å². The summed E-state index contributed by atoms with van der Waals surface area (Å²) in [5, 5.41) is 5.45. The maximum atomic E-state index is 12.0. The summed E-state index contributed by atoms with van der Waals surface area (Å²) in [5.74, 6) is 0.231. The van der Waals surface area contributed by atoms with Crippen molar-refractivity contribution in [3.8, 4) is 16.9 Å². The summed E-state index contributed by atoms with van der Waals surface area (Å²) in [7, 11) is -0.0505. The third-order valence-electron chi connectivity index (χ3n) is 3.72. The number of carbonyl (C=O) groups excluding carboxylic acids is 1. The Morgan fingerprint density at radius 2 is 2.17 bits per heavy atom. The molecule has 1 amide bonds. The van der Waals surface area contributed by atoms with Gasteiger partial charge in [-0.15, -0.1) is 0 Å². The fraction of sp³-hybridized carbons (Fsp3) is 0.0625. The minimum absolute atomic E-state index is 0.292. The molecule has 0 spiro atoms. The highest BCUT2D eigenvalue weighted by atomic mass is 32.2. The van der Waals surface area contributed by atoms with Gasteiger partial charge in [-0.3, -0.25) is 14.5 Å². The van der Waals surface area contributed by atoms with Crippen LogP contribution in [-0.4, -0.2) is 32.0 Å². The van der Waals surface area contributed by atoms with Crippen molar-refractivity contribution in [3.05, 3.63) is 48.9 Å². The molecule has 1 aromatic carbocycles. The molecule has 0 aliphatic carbocycles. The van der Waals surface area contributed by atoms with Gasteiger partial charge in [-0.2, -0.15) is 5.10 Å². The van der Waals surface area contributed by atoms with Crippen molar-refractivity contribution in [3.63, 3.8) is 0 Å². The summed E-state index contributed by atoms with van der Waals surface area (Å²) in [6, 6.07) is 7.48. The molecule has 0 radical (unpaired) electrons. The maximum absolute atomic E-state index is 12.0. The molecule has 0 saturated heterocycles. The van der Waals surface area contributed by atoms with E-state index in [-0.39, 0.29) is 0 Å². The molecule has 7 nitrogen and oxygen atoms in total. The van der Waals surface area contributed by atoms with Crippen molar-refractivity contribution in [1.82, 2.24) is 19.5 Å². The molecular weight excluding hydrogens is 328 g/mol. The van der Waals surface area contributed by atoms with Crippen LogP contribution in [0.25, 0.3) is 27.1 Å². The molecule has 1 unspecified atom stereocenters. The van der Waals surface area contributed by atoms with E-state index in [4.69, 9.17) is 4.74 Å². The molecular formula is C16H12N4O3S. The van der Waals surface area contributed by atoms with Crippen LogP contribution in [0.1, 0.15) is 0 Å². The predicted molar refractivity (Wildman–Crippen MR) is 90.1 cm³/mol. The maximum Gasteiger partial charge on any atom is 0.258 e. The number of ether oxygens (including phenoxy) is 1. The lowest BCUT2D eigenvalue weighted by molar-refractivity contribution is -0.114. The Bertz CT molecular complexity index is 1010. The molecule has 120 valence electrons. The third-order valence-corrected chi connectivity index (χ3v) is 4.77. The quantitative estimate of drug-likeness (QED) is 0.784. The number of carbonyl (C=O) groups is 1. The number of hydrogen-bond acceptors (Lipinski definition) is 5. The first kappa shape index (κ1) is 14.6. The Morgan fingerprint density at radius 1 is 1.29 bits per heavy atom. The van der Waals surface area contributed by atoms with E-state index >= 15 is 0 Å². The van der Waals surface area contributed by atoms with Crippen molar-refractivity contribution in [1.29, 1.82) is 0 Å². The van der Waals surface area contributed by atoms with Crippen molar-refractivity contribution in [2.75, 3.05) is 7.11 Å². The van der Waals surface area contributed by atoms with Gasteiger partial charge in [0.15, 0.2) is 16.0 Å². The molecule has 4 rings (SSSR count). The number of methoxy groups -OCH3 is 1. The second-order valence-electron chi connectivity index (χ2n) is 5.12. The molecule has 2 aromatic heterocycles. The number of nitrogens with zero attached hydrogens (tertiary/aromatic N) is 3. The molecule has 1 N–H and O–H groups in total. The number of fused-ring (bicyclic) bond motifs is 1. The number of nitrogens with one attached hydrogen (secondary N) is 1. The van der Waals surface area contributed by atoms with E-state index < -0.39 is 16.9 Å². The Labute approximate surface area is 139 Å². The Morgan fingerprint density at radius 3 is 2.83 bits per heavy atom. The second-order valence-corrected chi connectivity index (χ2v) is 6.28. The van der Waals surface area contributed by atoms with Gasteiger partial charge in [-0.1, -0.05) is 6.07 Å². The fourth-order valence-electron chi connectivity index (χ4n) is 2.63. The summed E-state index contributed by atoms with van der Waals surface area (Å²) in [6.07, 6.45) is 6.42. The van der Waals surface area contributed by atoms with E-state index in [9.17, 15) is 9.00 Å². The average Bonchev–Trinajstić information content (AvgIpc) is 3.17. The standard InChI is InChI=1S/C16H12N4O3S/c1-23-11-5-12(10-3-2-4-17-8-10)13-9-18-20(14(13)6-11)16-7-15(21)19-24(16)22/h2-9H,1H3,(H,19,21). The lowest BCUT2D eigenvalue weighted by atomic mass is 10.0. The summed E-state index contributed by atoms with van der Waals surface area (Å²) in [4.78, 5) is 15.6. The van der Waals surface area contributed by atoms with Gasteiger partial charge in [0.2, 0.25) is 0 Å². The topological polar surface area (TPSA) is 86.1 Å². The first-order chi connectivity index (χ1) is 11.7. The number of hydrogen-bond donors (Lipinski definition) is 1. The van der Waals surface area contributed by atoms with Gasteiger partial charge in [0, 0.05) is 35.5 Å². The highest BCUT2D eigenvalue weighted by molar-refractivity contribution is 7.93. The third kappa shape index (κ3) is 2.28. The van der Waals surface area contributed by atoms with Crippen LogP contribution in [0.5, 0.6) is 5.75 Å². The fourth-order valence-corrected chi connectivity index (χ4v) is 3.50. The van der Waals surface area contributed by atoms with Crippen LogP contribution < -0.4 is 9.46 Å². The molecule has 3 heterocycles. The number of amides is 1. The van der Waals surface area contributed by atoms with Crippen molar-refractivity contribution in [2.45, 2.75) is 0 Å². The number of aromatic nitrogens is 3. The molecule has 0 saturated carbocycles. The Hall–Kier alpha value is -3.00. The molecule has 24 heavy (non-hydrogen) atoms. The van der Waals surface area contributed by atoms with E-state index in [0.717, 1.165) is 16.5 Å². The van der Waals surface area contributed by atoms with Crippen LogP contribution in [0.15, 0.2) is 48.9 Å². The van der Waals surface area contributed by atoms with E-state index in [1.165, 1.54) is 10.8 Å². The molecule has 3 aromatic rings. The number of benzene rings is 1. The van der Waals surface area contributed by atoms with E-state index in [1.807, 2.05) is 18.2 Å². The summed E-state index contributed by atoms with van der Waals surface area (Å²) in [6.45, 7) is 0. The first-order valence-corrected chi connectivity index (χ1v) is 8.23. The van der Waals surface area contributed by atoms with Crippen molar-refractivity contribution in [2.24, 2.45) is 0 Å². The average molecular weight is 340 g/mol. The largest absolute Gasteiger partial charge is 0.497 e. The lowest BCUT2D eigenvalue weighted by Crippen LogP contribution is -2.17. The molecule has 1 aliphatic heterocycles. The van der Waals surface area contributed by atoms with Gasteiger partial charge in [0.25, 0.3) is 5.91 Å². The molecule has 0 fully saturated rings. The van der Waals surface area contributed by atoms with Crippen molar-refractivity contribution >= 4 is 32.8 Å². The van der Waals surface area contributed by atoms with Crippen LogP contribution in [-0.2, 0) is 15.8 Å². The zero-order valence-electron chi connectivity index (χ0n) is 12.6. The molecule has 8 heteroatoms. The minimum atomic E-state index is -1.63. The monoisotopic (exact) mass is 340 g/mol. The zero-order valence-corrected chi connectivity index (χ0v) is 13.4. The Balaban J connectivity index is 1.99. The number of rotatable bonds is 3. The van der Waals surface area contributed by atoms with Gasteiger partial charge >= 0.3 is 0 Å². The summed E-state index contributed by atoms with van der Waals surface area (Å²) >= 11 is 0. The van der Waals surface area contributed by atoms with Crippen LogP contribution in [0.2, 0.25) is 0 Å². The zero-order chi connectivity index (χ0) is 16.7. The van der Waals surface area contributed by atoms with Crippen LogP contribution in [0, 0.1) is 0 Å². The highest BCUT2D eigenvalue weighted by Crippen LogP contribution is 2.34. The first-order valence-electron chi connectivity index (χ1n) is 7.08. The van der Waals surface area contributed by atoms with Crippen LogP contribution in [0.3, 0.4) is 0 Å². The summed E-state index contributed by atoms with van der Waals surface area (Å²) in [5.41, 5.74) is 2.51. The Kier molecular flexibility index (Phi) is 3.39. The van der Waals surface area contributed by atoms with Gasteiger partial charge in [0.1, 0.15) is 5.75 Å². The normalized spacial score (nSPS) is 17.0. The molecule has 1 atom stereocenters. The van der Waals surface area contributed by atoms with E-state index in [1.54, 1.807) is 31.8 Å². The lowest BCUT2D eigenvalue weighted by Gasteiger charge is -2.09. The van der Waals surface area contributed by atoms with Gasteiger partial charge < -0.3 is 4.74 Å². The van der Waals surface area contributed by atoms with Gasteiger partial charge in [-0.25, -0.2) is 8.89 Å². The number of pyridine rings is 1. The highest BCUT2D eigenvalue weighted by Gasteiger charge is 2.24. The van der Waals surface area contributed by atoms with Crippen LogP contribution in [0.4, 0.5) is 0 Å². The second kappa shape index (κ2) is 5.57. The minimum Gasteiger partial charge on any atom is -0.497 e. The molecule has 1 aliphatic rings. The van der Waals surface area contributed by atoms with E-state index in [2.05, 4.69) is 14.8 Å². The summed E-state index contributed by atoms with van der Waals surface area (Å²) < 4.78 is 21.3. The van der Waals surface area contributed by atoms with Gasteiger partial charge in [0.05, 0.1) is 18.8 Å². The van der Waals surface area contributed by atoms with Crippen LogP contribution >= 0.6 is 0 Å². The SMILES string of the molecule is COc1cc(-c2cccnc2)c2cnn(C3=CC(=O)NS3=O)c2c1. The molecule has 0 bridgehead atoms. The van der Waals surface area contributed by atoms with Crippen molar-refractivity contribution < 1.29 is 13.7 Å².